The summed E-state index contributed by atoms with van der Waals surface area (Å²) in [5.41, 5.74) is 0. The fourth-order valence-corrected chi connectivity index (χ4v) is 1.25. The topological polar surface area (TPSA) is 57.2 Å². The average molecular weight is 330 g/mol. The van der Waals surface area contributed by atoms with E-state index in [2.05, 4.69) is 0 Å². The molecule has 18 heavy (non-hydrogen) atoms. The maximum atomic E-state index is 12.6. The summed E-state index contributed by atoms with van der Waals surface area (Å²) in [6.45, 7) is 0.651. The van der Waals surface area contributed by atoms with E-state index in [0.29, 0.717) is 6.92 Å². The zero-order valence-corrected chi connectivity index (χ0v) is 13.0. The van der Waals surface area contributed by atoms with Gasteiger partial charge in [-0.25, -0.2) is 12.8 Å². The quantitative estimate of drug-likeness (QED) is 0.375. The van der Waals surface area contributed by atoms with Crippen molar-refractivity contribution in [2.24, 2.45) is 0 Å². The predicted molar refractivity (Wildman–Crippen MR) is 39.7 cm³/mol. The third-order valence-corrected chi connectivity index (χ3v) is 2.73. The first-order valence-electron chi connectivity index (χ1n) is 3.96. The molecule has 0 bridgehead atoms. The number of alkyl halides is 7. The van der Waals surface area contributed by atoms with Gasteiger partial charge in [0.1, 0.15) is 0 Å². The summed E-state index contributed by atoms with van der Waals surface area (Å²) in [5, 5.41) is -6.61. The normalized spacial score (nSPS) is 16.1. The number of hydrogen-bond acceptors (Lipinski definition) is 3. The molecule has 0 spiro atoms. The van der Waals surface area contributed by atoms with Gasteiger partial charge < -0.3 is 4.55 Å². The molecule has 104 valence electrons. The van der Waals surface area contributed by atoms with Gasteiger partial charge in [-0.1, -0.05) is 6.92 Å². The first-order chi connectivity index (χ1) is 7.23. The molecular weight excluding hydrogens is 324 g/mol. The molecule has 0 fully saturated rings. The molecule has 0 N–H and O–H groups in total. The van der Waals surface area contributed by atoms with Gasteiger partial charge in [0.2, 0.25) is 0 Å². The first kappa shape index (κ1) is 21.4. The Labute approximate surface area is 140 Å². The molecule has 0 aromatic rings. The van der Waals surface area contributed by atoms with E-state index in [-0.39, 0.29) is 51.4 Å². The molecule has 3 nitrogen and oxygen atoms in total. The van der Waals surface area contributed by atoms with Gasteiger partial charge in [-0.15, -0.1) is 0 Å². The van der Waals surface area contributed by atoms with Crippen LogP contribution < -0.4 is 51.4 Å². The van der Waals surface area contributed by atoms with Crippen molar-refractivity contribution in [1.29, 1.82) is 0 Å². The van der Waals surface area contributed by atoms with E-state index in [1.54, 1.807) is 0 Å². The Kier molecular flexibility index (Phi) is 7.38. The SMILES string of the molecule is CCC(F)C(F)(F)C(F)(F)C(F)(F)S(=O)(=O)[O-].[K+]. The molecule has 0 aromatic heterocycles. The minimum atomic E-state index is -7.06. The van der Waals surface area contributed by atoms with Crippen molar-refractivity contribution in [3.63, 3.8) is 0 Å². The summed E-state index contributed by atoms with van der Waals surface area (Å²) in [7, 11) is -7.06. The van der Waals surface area contributed by atoms with Crippen LogP contribution in [0.4, 0.5) is 30.7 Å². The predicted octanol–water partition coefficient (Wildman–Crippen LogP) is -0.853. The maximum Gasteiger partial charge on any atom is 1.00 e. The molecule has 0 saturated heterocycles. The monoisotopic (exact) mass is 330 g/mol. The minimum absolute atomic E-state index is 0. The molecule has 0 rings (SSSR count). The van der Waals surface area contributed by atoms with Gasteiger partial charge in [0.05, 0.1) is 0 Å². The van der Waals surface area contributed by atoms with Crippen molar-refractivity contribution in [2.75, 3.05) is 0 Å². The molecule has 0 radical (unpaired) electrons. The van der Waals surface area contributed by atoms with Gasteiger partial charge in [0.25, 0.3) is 0 Å². The summed E-state index contributed by atoms with van der Waals surface area (Å²) in [4.78, 5) is 0. The van der Waals surface area contributed by atoms with E-state index in [0.717, 1.165) is 0 Å². The Morgan fingerprint density at radius 3 is 1.67 bits per heavy atom. The molecule has 0 aliphatic heterocycles. The number of halogens is 7. The Bertz CT molecular complexity index is 383. The molecule has 0 amide bonds. The van der Waals surface area contributed by atoms with Crippen molar-refractivity contribution in [2.45, 2.75) is 36.6 Å². The van der Waals surface area contributed by atoms with Gasteiger partial charge in [0, 0.05) is 0 Å². The van der Waals surface area contributed by atoms with Gasteiger partial charge in [0.15, 0.2) is 16.3 Å². The van der Waals surface area contributed by atoms with Crippen molar-refractivity contribution in [3.8, 4) is 0 Å². The van der Waals surface area contributed by atoms with Crippen LogP contribution in [-0.2, 0) is 10.1 Å². The second-order valence-electron chi connectivity index (χ2n) is 3.04. The van der Waals surface area contributed by atoms with Crippen molar-refractivity contribution in [1.82, 2.24) is 0 Å². The fraction of sp³-hybridized carbons (Fsp3) is 1.00. The second kappa shape index (κ2) is 6.22. The zero-order valence-electron chi connectivity index (χ0n) is 9.06. The van der Waals surface area contributed by atoms with Crippen LogP contribution in [0.5, 0.6) is 0 Å². The molecule has 0 aliphatic rings. The van der Waals surface area contributed by atoms with E-state index in [1.807, 2.05) is 0 Å². The van der Waals surface area contributed by atoms with Crippen LogP contribution in [0.25, 0.3) is 0 Å². The molecule has 12 heteroatoms. The Balaban J connectivity index is 0. The van der Waals surface area contributed by atoms with Gasteiger partial charge >= 0.3 is 68.5 Å². The summed E-state index contributed by atoms with van der Waals surface area (Å²) < 4.78 is 117. The second-order valence-corrected chi connectivity index (χ2v) is 4.47. The van der Waals surface area contributed by atoms with E-state index in [4.69, 9.17) is 0 Å². The Morgan fingerprint density at radius 2 is 1.44 bits per heavy atom. The maximum absolute atomic E-state index is 12.6. The largest absolute Gasteiger partial charge is 1.00 e. The minimum Gasteiger partial charge on any atom is -0.743 e. The Morgan fingerprint density at radius 1 is 1.11 bits per heavy atom. The standard InChI is InChI=1S/C6H7F7O3S.K/c1-2-3(7)4(8,9)5(10,11)6(12,13)17(14,15)16;/h3H,2H2,1H3,(H,14,15,16);/q;+1/p-1. The van der Waals surface area contributed by atoms with Crippen LogP contribution >= 0.6 is 0 Å². The van der Waals surface area contributed by atoms with Gasteiger partial charge in [-0.3, -0.25) is 0 Å². The van der Waals surface area contributed by atoms with Crippen LogP contribution in [0.3, 0.4) is 0 Å². The van der Waals surface area contributed by atoms with E-state index in [9.17, 15) is 43.7 Å². The van der Waals surface area contributed by atoms with Crippen LogP contribution in [0.1, 0.15) is 13.3 Å². The van der Waals surface area contributed by atoms with Gasteiger partial charge in [-0.05, 0) is 6.42 Å². The number of rotatable bonds is 5. The van der Waals surface area contributed by atoms with Crippen molar-refractivity contribution in [3.05, 3.63) is 0 Å². The summed E-state index contributed by atoms with van der Waals surface area (Å²) in [6, 6.07) is 0. The molecule has 0 aliphatic carbocycles. The van der Waals surface area contributed by atoms with Crippen LogP contribution in [-0.4, -0.2) is 36.2 Å². The first-order valence-corrected chi connectivity index (χ1v) is 5.37. The zero-order chi connectivity index (χ0) is 14.3. The number of hydrogen-bond donors (Lipinski definition) is 0. The summed E-state index contributed by atoms with van der Waals surface area (Å²) in [5.74, 6) is -12.6. The van der Waals surface area contributed by atoms with Gasteiger partial charge in [-0.2, -0.15) is 26.3 Å². The van der Waals surface area contributed by atoms with E-state index in [1.165, 1.54) is 0 Å². The van der Waals surface area contributed by atoms with Crippen LogP contribution in [0, 0.1) is 0 Å². The molecule has 1 atom stereocenters. The molecule has 0 saturated carbocycles. The molecule has 0 heterocycles. The fourth-order valence-electron chi connectivity index (χ4n) is 0.804. The van der Waals surface area contributed by atoms with Crippen molar-refractivity contribution >= 4 is 10.1 Å². The molecular formula is C6H6F7KO3S. The van der Waals surface area contributed by atoms with Crippen molar-refractivity contribution < 1.29 is 95.1 Å². The third-order valence-electron chi connectivity index (χ3n) is 1.85. The third kappa shape index (κ3) is 3.38. The average Bonchev–Trinajstić information content (AvgIpc) is 2.13. The molecule has 0 aromatic carbocycles. The smallest absolute Gasteiger partial charge is 0.743 e. The van der Waals surface area contributed by atoms with E-state index >= 15 is 0 Å². The Hall–Kier alpha value is 1.06. The van der Waals surface area contributed by atoms with Crippen LogP contribution in [0.15, 0.2) is 0 Å². The van der Waals surface area contributed by atoms with Crippen LogP contribution in [0.2, 0.25) is 0 Å². The summed E-state index contributed by atoms with van der Waals surface area (Å²) in [6.07, 6.45) is -4.98. The molecule has 1 unspecified atom stereocenters. The van der Waals surface area contributed by atoms with E-state index < -0.39 is 39.8 Å². The summed E-state index contributed by atoms with van der Waals surface area (Å²) >= 11 is 0.